The molecule has 29 heavy (non-hydrogen) atoms. The summed E-state index contributed by atoms with van der Waals surface area (Å²) in [6.07, 6.45) is 2.15. The Morgan fingerprint density at radius 3 is 2.66 bits per heavy atom. The van der Waals surface area contributed by atoms with Crippen LogP contribution in [-0.2, 0) is 24.4 Å². The molecule has 148 valence electrons. The lowest BCUT2D eigenvalue weighted by molar-refractivity contribution is -0.126. The molecule has 2 aromatic carbocycles. The van der Waals surface area contributed by atoms with E-state index in [0.717, 1.165) is 16.9 Å². The summed E-state index contributed by atoms with van der Waals surface area (Å²) in [6.45, 7) is 0.797. The molecule has 1 aliphatic heterocycles. The highest BCUT2D eigenvalue weighted by molar-refractivity contribution is 8.24. The van der Waals surface area contributed by atoms with Crippen LogP contribution in [0.1, 0.15) is 16.9 Å². The van der Waals surface area contributed by atoms with E-state index in [0.29, 0.717) is 34.7 Å². The van der Waals surface area contributed by atoms with Gasteiger partial charge < -0.3 is 9.15 Å². The van der Waals surface area contributed by atoms with Gasteiger partial charge in [0.25, 0.3) is 0 Å². The molecule has 0 saturated carbocycles. The van der Waals surface area contributed by atoms with Crippen LogP contribution < -0.4 is 4.74 Å². The summed E-state index contributed by atoms with van der Waals surface area (Å²) in [6, 6.07) is 19.0. The summed E-state index contributed by atoms with van der Waals surface area (Å²) < 4.78 is 12.0. The second kappa shape index (κ2) is 9.03. The Labute approximate surface area is 183 Å². The van der Waals surface area contributed by atoms with Crippen molar-refractivity contribution in [1.29, 1.82) is 0 Å². The number of nitrogens with zero attached hydrogens (tertiary/aromatic N) is 1. The predicted molar refractivity (Wildman–Crippen MR) is 119 cm³/mol. The molecular formula is C22H18ClNO3S2. The first-order valence-electron chi connectivity index (χ1n) is 9.09. The molecule has 1 amide bonds. The third-order valence-corrected chi connectivity index (χ3v) is 6.42. The monoisotopic (exact) mass is 443 g/mol. The second-order valence-electron chi connectivity index (χ2n) is 6.60. The number of hydrogen-bond donors (Lipinski definition) is 0. The largest absolute Gasteiger partial charge is 0.489 e. The summed E-state index contributed by atoms with van der Waals surface area (Å²) in [5.41, 5.74) is 2.01. The van der Waals surface area contributed by atoms with E-state index in [4.69, 9.17) is 33.0 Å². The first-order valence-corrected chi connectivity index (χ1v) is 10.8. The fourth-order valence-corrected chi connectivity index (χ4v) is 4.73. The van der Waals surface area contributed by atoms with E-state index >= 15 is 0 Å². The fraction of sp³-hybridized carbons (Fsp3) is 0.182. The minimum atomic E-state index is -0.266. The van der Waals surface area contributed by atoms with E-state index in [-0.39, 0.29) is 11.2 Å². The Kier molecular flexibility index (Phi) is 6.23. The van der Waals surface area contributed by atoms with Crippen LogP contribution >= 0.6 is 35.6 Å². The van der Waals surface area contributed by atoms with Crippen molar-refractivity contribution in [2.24, 2.45) is 0 Å². The molecular weight excluding hydrogens is 426 g/mol. The number of amides is 1. The van der Waals surface area contributed by atoms with Gasteiger partial charge in [0.15, 0.2) is 0 Å². The standard InChI is InChI=1S/C22H18ClNO3S2/c23-17-9-7-15(8-10-17)14-27-19-6-2-1-4-16(19)12-20-21(25)24(22(28)29-20)13-18-5-3-11-26-18/h1-11,20H,12-14H2/t20-/m0/s1. The maximum Gasteiger partial charge on any atom is 0.242 e. The van der Waals surface area contributed by atoms with Gasteiger partial charge in [-0.3, -0.25) is 9.69 Å². The summed E-state index contributed by atoms with van der Waals surface area (Å²) >= 11 is 12.8. The third kappa shape index (κ3) is 4.83. The molecule has 7 heteroatoms. The van der Waals surface area contributed by atoms with Gasteiger partial charge in [-0.25, -0.2) is 0 Å². The van der Waals surface area contributed by atoms with Crippen molar-refractivity contribution in [3.63, 3.8) is 0 Å². The van der Waals surface area contributed by atoms with Gasteiger partial charge in [-0.2, -0.15) is 0 Å². The van der Waals surface area contributed by atoms with Crippen molar-refractivity contribution in [2.45, 2.75) is 24.8 Å². The number of halogens is 1. The van der Waals surface area contributed by atoms with Gasteiger partial charge in [0, 0.05) is 5.02 Å². The van der Waals surface area contributed by atoms with E-state index in [9.17, 15) is 4.79 Å². The predicted octanol–water partition coefficient (Wildman–Crippen LogP) is 5.48. The van der Waals surface area contributed by atoms with Crippen LogP contribution in [0.25, 0.3) is 0 Å². The second-order valence-corrected chi connectivity index (χ2v) is 8.88. The van der Waals surface area contributed by atoms with Crippen molar-refractivity contribution < 1.29 is 13.9 Å². The molecule has 1 saturated heterocycles. The number of thioether (sulfide) groups is 1. The van der Waals surface area contributed by atoms with Crippen molar-refractivity contribution in [3.05, 3.63) is 88.8 Å². The van der Waals surface area contributed by atoms with Crippen LogP contribution in [0.2, 0.25) is 5.02 Å². The molecule has 3 aromatic rings. The summed E-state index contributed by atoms with van der Waals surface area (Å²) in [4.78, 5) is 14.5. The zero-order chi connectivity index (χ0) is 20.2. The zero-order valence-electron chi connectivity index (χ0n) is 15.4. The molecule has 0 bridgehead atoms. The molecule has 0 unspecified atom stereocenters. The molecule has 0 N–H and O–H groups in total. The Hall–Kier alpha value is -2.28. The minimum Gasteiger partial charge on any atom is -0.489 e. The number of rotatable bonds is 7. The lowest BCUT2D eigenvalue weighted by Gasteiger charge is -2.15. The van der Waals surface area contributed by atoms with E-state index in [2.05, 4.69) is 0 Å². The summed E-state index contributed by atoms with van der Waals surface area (Å²) in [5.74, 6) is 1.49. The van der Waals surface area contributed by atoms with Crippen molar-refractivity contribution in [3.8, 4) is 5.75 Å². The zero-order valence-corrected chi connectivity index (χ0v) is 17.8. The molecule has 4 nitrogen and oxygen atoms in total. The molecule has 1 aliphatic rings. The van der Waals surface area contributed by atoms with Crippen molar-refractivity contribution >= 4 is 45.8 Å². The summed E-state index contributed by atoms with van der Waals surface area (Å²) in [5, 5.41) is 0.429. The van der Waals surface area contributed by atoms with Crippen LogP contribution in [0.5, 0.6) is 5.75 Å². The minimum absolute atomic E-state index is 0.00362. The van der Waals surface area contributed by atoms with E-state index in [1.807, 2.05) is 54.6 Å². The lowest BCUT2D eigenvalue weighted by atomic mass is 10.1. The smallest absolute Gasteiger partial charge is 0.242 e. The third-order valence-electron chi connectivity index (χ3n) is 4.58. The van der Waals surface area contributed by atoms with Gasteiger partial charge in [-0.15, -0.1) is 0 Å². The van der Waals surface area contributed by atoms with Crippen LogP contribution in [0.15, 0.2) is 71.3 Å². The Balaban J connectivity index is 1.43. The Bertz CT molecular complexity index is 1010. The molecule has 1 fully saturated rings. The number of hydrogen-bond acceptors (Lipinski definition) is 5. The van der Waals surface area contributed by atoms with Gasteiger partial charge in [0.1, 0.15) is 22.4 Å². The first-order chi connectivity index (χ1) is 14.1. The average molecular weight is 444 g/mol. The summed E-state index contributed by atoms with van der Waals surface area (Å²) in [7, 11) is 0. The number of ether oxygens (including phenoxy) is 1. The van der Waals surface area contributed by atoms with Crippen LogP contribution in [0.3, 0.4) is 0 Å². The maximum atomic E-state index is 12.9. The van der Waals surface area contributed by atoms with Gasteiger partial charge >= 0.3 is 0 Å². The van der Waals surface area contributed by atoms with Crippen LogP contribution in [-0.4, -0.2) is 20.4 Å². The molecule has 1 atom stereocenters. The number of carbonyl (C=O) groups is 1. The molecule has 4 rings (SSSR count). The van der Waals surface area contributed by atoms with E-state index < -0.39 is 0 Å². The highest BCUT2D eigenvalue weighted by Crippen LogP contribution is 2.33. The SMILES string of the molecule is O=C1[C@H](Cc2ccccc2OCc2ccc(Cl)cc2)SC(=S)N1Cc1ccco1. The Morgan fingerprint density at radius 1 is 1.10 bits per heavy atom. The molecule has 0 spiro atoms. The van der Waals surface area contributed by atoms with E-state index in [1.54, 1.807) is 17.2 Å². The first kappa shape index (κ1) is 20.0. The average Bonchev–Trinajstić information content (AvgIpc) is 3.33. The highest BCUT2D eigenvalue weighted by Gasteiger charge is 2.37. The number of carbonyl (C=O) groups excluding carboxylic acids is 1. The number of para-hydroxylation sites is 1. The van der Waals surface area contributed by atoms with Crippen molar-refractivity contribution in [1.82, 2.24) is 4.90 Å². The van der Waals surface area contributed by atoms with Crippen molar-refractivity contribution in [2.75, 3.05) is 0 Å². The number of benzene rings is 2. The highest BCUT2D eigenvalue weighted by atomic mass is 35.5. The van der Waals surface area contributed by atoms with Gasteiger partial charge in [0.2, 0.25) is 5.91 Å². The van der Waals surface area contributed by atoms with Gasteiger partial charge in [-0.05, 0) is 47.9 Å². The number of furan rings is 1. The molecule has 2 heterocycles. The normalized spacial score (nSPS) is 16.4. The Morgan fingerprint density at radius 2 is 1.90 bits per heavy atom. The fourth-order valence-electron chi connectivity index (χ4n) is 3.08. The molecule has 1 aromatic heterocycles. The van der Waals surface area contributed by atoms with Gasteiger partial charge in [-0.1, -0.05) is 65.9 Å². The number of thiocarbonyl (C=S) groups is 1. The van der Waals surface area contributed by atoms with Crippen LogP contribution in [0, 0.1) is 0 Å². The molecule has 0 aliphatic carbocycles. The maximum absolute atomic E-state index is 12.9. The lowest BCUT2D eigenvalue weighted by Crippen LogP contribution is -2.31. The van der Waals surface area contributed by atoms with Gasteiger partial charge in [0.05, 0.1) is 18.1 Å². The molecule has 0 radical (unpaired) electrons. The van der Waals surface area contributed by atoms with E-state index in [1.165, 1.54) is 11.8 Å². The topological polar surface area (TPSA) is 42.7 Å². The van der Waals surface area contributed by atoms with Crippen LogP contribution in [0.4, 0.5) is 0 Å². The quantitative estimate of drug-likeness (QED) is 0.452.